The van der Waals surface area contributed by atoms with Gasteiger partial charge in [-0.05, 0) is 55.3 Å². The van der Waals surface area contributed by atoms with Crippen molar-refractivity contribution in [1.29, 1.82) is 5.26 Å². The number of aryl methyl sites for hydroxylation is 2. The topological polar surface area (TPSA) is 79.0 Å². The largest absolute Gasteiger partial charge is 0.310 e. The Bertz CT molecular complexity index is 1130. The van der Waals surface area contributed by atoms with Crippen LogP contribution in [0.1, 0.15) is 17.5 Å². The van der Waals surface area contributed by atoms with Crippen LogP contribution in [0.3, 0.4) is 0 Å². The van der Waals surface area contributed by atoms with Gasteiger partial charge in [-0.2, -0.15) is 5.26 Å². The average Bonchev–Trinajstić information content (AvgIpc) is 2.64. The number of hydrogen-bond donors (Lipinski definition) is 0. The summed E-state index contributed by atoms with van der Waals surface area (Å²) in [4.78, 5) is 31.5. The van der Waals surface area contributed by atoms with E-state index in [1.807, 2.05) is 32.0 Å². The molecule has 2 aromatic carbocycles. The van der Waals surface area contributed by atoms with Gasteiger partial charge in [0.15, 0.2) is 0 Å². The summed E-state index contributed by atoms with van der Waals surface area (Å²) in [6, 6.07) is 12.7. The minimum Gasteiger partial charge on any atom is -0.310 e. The predicted molar refractivity (Wildman–Crippen MR) is 110 cm³/mol. The van der Waals surface area contributed by atoms with Crippen molar-refractivity contribution in [1.82, 2.24) is 9.55 Å². The van der Waals surface area contributed by atoms with E-state index in [1.165, 1.54) is 15.8 Å². The first-order chi connectivity index (χ1) is 13.4. The van der Waals surface area contributed by atoms with Crippen molar-refractivity contribution < 1.29 is 4.79 Å². The summed E-state index contributed by atoms with van der Waals surface area (Å²) >= 11 is 5.98. The van der Waals surface area contributed by atoms with Crippen molar-refractivity contribution in [2.24, 2.45) is 0 Å². The van der Waals surface area contributed by atoms with E-state index in [-0.39, 0.29) is 31.0 Å². The molecule has 1 amide bonds. The highest BCUT2D eigenvalue weighted by Gasteiger charge is 2.18. The van der Waals surface area contributed by atoms with E-state index in [9.17, 15) is 9.59 Å². The average molecular weight is 395 g/mol. The zero-order valence-electron chi connectivity index (χ0n) is 15.6. The number of halogens is 1. The molecule has 0 aliphatic rings. The van der Waals surface area contributed by atoms with Crippen LogP contribution < -0.4 is 10.5 Å². The lowest BCUT2D eigenvalue weighted by molar-refractivity contribution is -0.119. The second-order valence-electron chi connectivity index (χ2n) is 6.64. The van der Waals surface area contributed by atoms with Crippen molar-refractivity contribution in [2.75, 3.05) is 11.4 Å². The smallest absolute Gasteiger partial charge is 0.261 e. The van der Waals surface area contributed by atoms with E-state index in [0.29, 0.717) is 21.6 Å². The maximum absolute atomic E-state index is 13.0. The fourth-order valence-electron chi connectivity index (χ4n) is 3.14. The van der Waals surface area contributed by atoms with Crippen LogP contribution in [0.2, 0.25) is 5.02 Å². The highest BCUT2D eigenvalue weighted by Crippen LogP contribution is 2.20. The van der Waals surface area contributed by atoms with Crippen molar-refractivity contribution in [2.45, 2.75) is 26.8 Å². The zero-order valence-corrected chi connectivity index (χ0v) is 16.4. The molecule has 0 saturated heterocycles. The summed E-state index contributed by atoms with van der Waals surface area (Å²) < 4.78 is 1.27. The molecule has 0 aliphatic carbocycles. The first-order valence-electron chi connectivity index (χ1n) is 8.79. The van der Waals surface area contributed by atoms with E-state index in [0.717, 1.165) is 11.1 Å². The number of carbonyl (C=O) groups is 1. The molecule has 0 unspecified atom stereocenters. The minimum absolute atomic E-state index is 0.174. The molecule has 1 aromatic heterocycles. The second kappa shape index (κ2) is 8.24. The minimum atomic E-state index is -0.332. The van der Waals surface area contributed by atoms with Crippen molar-refractivity contribution >= 4 is 34.1 Å². The van der Waals surface area contributed by atoms with Gasteiger partial charge in [0.05, 0.1) is 29.7 Å². The van der Waals surface area contributed by atoms with Crippen LogP contribution in [-0.2, 0) is 11.3 Å². The number of benzene rings is 2. The third kappa shape index (κ3) is 4.21. The molecule has 3 aromatic rings. The lowest BCUT2D eigenvalue weighted by atomic mass is 10.1. The molecule has 0 saturated carbocycles. The molecule has 1 heterocycles. The second-order valence-corrected chi connectivity index (χ2v) is 7.07. The molecule has 0 spiro atoms. The van der Waals surface area contributed by atoms with Crippen LogP contribution >= 0.6 is 11.6 Å². The summed E-state index contributed by atoms with van der Waals surface area (Å²) in [6.07, 6.45) is 1.56. The Morgan fingerprint density at radius 2 is 1.93 bits per heavy atom. The number of carbonyl (C=O) groups excluding carboxylic acids is 1. The summed E-state index contributed by atoms with van der Waals surface area (Å²) in [5.41, 5.74) is 2.94. The van der Waals surface area contributed by atoms with Crippen molar-refractivity contribution in [3.8, 4) is 6.07 Å². The van der Waals surface area contributed by atoms with Crippen LogP contribution in [0, 0.1) is 25.2 Å². The van der Waals surface area contributed by atoms with Crippen LogP contribution in [0.25, 0.3) is 10.9 Å². The zero-order chi connectivity index (χ0) is 20.3. The highest BCUT2D eigenvalue weighted by atomic mass is 35.5. The van der Waals surface area contributed by atoms with E-state index in [4.69, 9.17) is 16.9 Å². The third-order valence-corrected chi connectivity index (χ3v) is 4.59. The van der Waals surface area contributed by atoms with E-state index in [1.54, 1.807) is 18.2 Å². The lowest BCUT2D eigenvalue weighted by Gasteiger charge is -2.23. The summed E-state index contributed by atoms with van der Waals surface area (Å²) in [5, 5.41) is 9.76. The van der Waals surface area contributed by atoms with Gasteiger partial charge < -0.3 is 4.90 Å². The molecule has 142 valence electrons. The number of anilines is 1. The summed E-state index contributed by atoms with van der Waals surface area (Å²) in [6.45, 7) is 3.97. The molecule has 0 N–H and O–H groups in total. The highest BCUT2D eigenvalue weighted by molar-refractivity contribution is 6.31. The quantitative estimate of drug-likeness (QED) is 0.662. The van der Waals surface area contributed by atoms with Gasteiger partial charge in [0, 0.05) is 17.3 Å². The van der Waals surface area contributed by atoms with Gasteiger partial charge in [0.2, 0.25) is 5.91 Å². The van der Waals surface area contributed by atoms with Crippen LogP contribution in [-0.4, -0.2) is 22.0 Å². The SMILES string of the molecule is Cc1cc(C)cc(N(CCC#N)C(=O)Cn2cnc3ccc(Cl)cc3c2=O)c1. The first kappa shape index (κ1) is 19.6. The Kier molecular flexibility index (Phi) is 5.76. The number of amides is 1. The number of fused-ring (bicyclic) bond motifs is 1. The van der Waals surface area contributed by atoms with Gasteiger partial charge >= 0.3 is 0 Å². The fraction of sp³-hybridized carbons (Fsp3) is 0.238. The molecular formula is C21H19ClN4O2. The molecular weight excluding hydrogens is 376 g/mol. The van der Waals surface area contributed by atoms with Gasteiger partial charge in [0.25, 0.3) is 5.56 Å². The predicted octanol–water partition coefficient (Wildman–Crippen LogP) is 3.61. The van der Waals surface area contributed by atoms with Crippen molar-refractivity contribution in [3.05, 3.63) is 69.2 Å². The normalized spacial score (nSPS) is 10.6. The molecule has 6 nitrogen and oxygen atoms in total. The summed E-state index contributed by atoms with van der Waals surface area (Å²) in [7, 11) is 0. The maximum Gasteiger partial charge on any atom is 0.261 e. The third-order valence-electron chi connectivity index (χ3n) is 4.36. The standard InChI is InChI=1S/C21H19ClN4O2/c1-14-8-15(2)10-17(9-14)26(7-3-6-23)20(27)12-25-13-24-19-5-4-16(22)11-18(19)21(25)28/h4-5,8-11,13H,3,7,12H2,1-2H3. The van der Waals surface area contributed by atoms with Crippen LogP contribution in [0.5, 0.6) is 0 Å². The van der Waals surface area contributed by atoms with Crippen LogP contribution in [0.4, 0.5) is 5.69 Å². The molecule has 0 bridgehead atoms. The maximum atomic E-state index is 13.0. The molecule has 3 rings (SSSR count). The van der Waals surface area contributed by atoms with Gasteiger partial charge in [-0.15, -0.1) is 0 Å². The number of aromatic nitrogens is 2. The Balaban J connectivity index is 1.96. The van der Waals surface area contributed by atoms with Gasteiger partial charge in [-0.25, -0.2) is 4.98 Å². The Hall–Kier alpha value is -3.17. The van der Waals surface area contributed by atoms with Crippen molar-refractivity contribution in [3.63, 3.8) is 0 Å². The van der Waals surface area contributed by atoms with E-state index in [2.05, 4.69) is 11.1 Å². The van der Waals surface area contributed by atoms with E-state index >= 15 is 0 Å². The monoisotopic (exact) mass is 394 g/mol. The number of hydrogen-bond acceptors (Lipinski definition) is 4. The molecule has 0 atom stereocenters. The Labute approximate surface area is 167 Å². The Morgan fingerprint density at radius 3 is 2.61 bits per heavy atom. The number of rotatable bonds is 5. The molecule has 0 radical (unpaired) electrons. The van der Waals surface area contributed by atoms with Crippen LogP contribution in [0.15, 0.2) is 47.5 Å². The number of nitrogens with zero attached hydrogens (tertiary/aromatic N) is 4. The van der Waals surface area contributed by atoms with Gasteiger partial charge in [-0.1, -0.05) is 17.7 Å². The first-order valence-corrected chi connectivity index (χ1v) is 9.17. The van der Waals surface area contributed by atoms with Gasteiger partial charge in [-0.3, -0.25) is 14.2 Å². The fourth-order valence-corrected chi connectivity index (χ4v) is 3.31. The number of nitriles is 1. The Morgan fingerprint density at radius 1 is 1.21 bits per heavy atom. The summed E-state index contributed by atoms with van der Waals surface area (Å²) in [5.74, 6) is -0.287. The van der Waals surface area contributed by atoms with Gasteiger partial charge in [0.1, 0.15) is 6.54 Å². The lowest BCUT2D eigenvalue weighted by Crippen LogP contribution is -2.37. The molecule has 7 heteroatoms. The molecule has 0 fully saturated rings. The van der Waals surface area contributed by atoms with E-state index < -0.39 is 0 Å². The molecule has 28 heavy (non-hydrogen) atoms. The molecule has 0 aliphatic heterocycles.